The zero-order valence-corrected chi connectivity index (χ0v) is 12.7. The van der Waals surface area contributed by atoms with Gasteiger partial charge >= 0.3 is 0 Å². The highest BCUT2D eigenvalue weighted by atomic mass is 16.5. The van der Waals surface area contributed by atoms with Crippen LogP contribution in [0.1, 0.15) is 20.3 Å². The van der Waals surface area contributed by atoms with E-state index in [1.807, 2.05) is 13.8 Å². The highest BCUT2D eigenvalue weighted by Gasteiger charge is 2.15. The first-order chi connectivity index (χ1) is 9.92. The highest BCUT2D eigenvalue weighted by Crippen LogP contribution is 2.17. The molecule has 1 aromatic rings. The first-order valence-corrected chi connectivity index (χ1v) is 6.92. The van der Waals surface area contributed by atoms with E-state index < -0.39 is 6.04 Å². The van der Waals surface area contributed by atoms with Crippen LogP contribution < -0.4 is 21.1 Å². The maximum absolute atomic E-state index is 11.9. The molecule has 0 saturated heterocycles. The van der Waals surface area contributed by atoms with Crippen LogP contribution in [0.5, 0.6) is 5.75 Å². The molecule has 0 radical (unpaired) electrons. The van der Waals surface area contributed by atoms with Crippen LogP contribution in [0.25, 0.3) is 0 Å². The van der Waals surface area contributed by atoms with Crippen molar-refractivity contribution in [1.29, 1.82) is 0 Å². The van der Waals surface area contributed by atoms with E-state index in [1.165, 1.54) is 0 Å². The van der Waals surface area contributed by atoms with E-state index in [2.05, 4.69) is 10.6 Å². The maximum Gasteiger partial charge on any atom is 0.257 e. The maximum atomic E-state index is 11.9. The number of likely N-dealkylation sites (N-methyl/N-ethyl adjacent to an activating group) is 1. The average Bonchev–Trinajstić information content (AvgIpc) is 2.44. The number of amides is 2. The van der Waals surface area contributed by atoms with Gasteiger partial charge in [0.05, 0.1) is 6.04 Å². The molecule has 1 unspecified atom stereocenters. The Hall–Kier alpha value is -2.08. The monoisotopic (exact) mass is 293 g/mol. The van der Waals surface area contributed by atoms with E-state index in [1.54, 1.807) is 31.3 Å². The molecule has 0 aromatic heterocycles. The van der Waals surface area contributed by atoms with Gasteiger partial charge in [-0.2, -0.15) is 0 Å². The molecule has 1 rings (SSSR count). The zero-order valence-electron chi connectivity index (χ0n) is 12.7. The SMILES string of the molecule is CNC(=O)COc1cccc(NC(=O)C(N)CC(C)C)c1. The second kappa shape index (κ2) is 8.26. The summed E-state index contributed by atoms with van der Waals surface area (Å²) < 4.78 is 5.31. The number of anilines is 1. The Bertz CT molecular complexity index is 489. The van der Waals surface area contributed by atoms with Crippen molar-refractivity contribution in [1.82, 2.24) is 5.32 Å². The molecule has 116 valence electrons. The molecule has 0 aliphatic carbocycles. The number of benzene rings is 1. The largest absolute Gasteiger partial charge is 0.484 e. The summed E-state index contributed by atoms with van der Waals surface area (Å²) >= 11 is 0. The van der Waals surface area contributed by atoms with Gasteiger partial charge in [0.1, 0.15) is 5.75 Å². The summed E-state index contributed by atoms with van der Waals surface area (Å²) in [4.78, 5) is 23.0. The summed E-state index contributed by atoms with van der Waals surface area (Å²) in [6.45, 7) is 3.96. The van der Waals surface area contributed by atoms with Crippen LogP contribution in [0, 0.1) is 5.92 Å². The molecule has 6 heteroatoms. The van der Waals surface area contributed by atoms with Crippen molar-refractivity contribution in [2.24, 2.45) is 11.7 Å². The molecule has 0 aliphatic rings. The number of carbonyl (C=O) groups is 2. The molecule has 0 aliphatic heterocycles. The zero-order chi connectivity index (χ0) is 15.8. The Morgan fingerprint density at radius 3 is 2.67 bits per heavy atom. The molecule has 6 nitrogen and oxygen atoms in total. The van der Waals surface area contributed by atoms with Gasteiger partial charge in [-0.05, 0) is 24.5 Å². The number of ether oxygens (including phenoxy) is 1. The second-order valence-electron chi connectivity index (χ2n) is 5.21. The average molecular weight is 293 g/mol. The fraction of sp³-hybridized carbons (Fsp3) is 0.467. The predicted molar refractivity (Wildman–Crippen MR) is 82.1 cm³/mol. The number of nitrogens with two attached hydrogens (primary N) is 1. The number of hydrogen-bond acceptors (Lipinski definition) is 4. The Labute approximate surface area is 125 Å². The first kappa shape index (κ1) is 17.0. The first-order valence-electron chi connectivity index (χ1n) is 6.92. The summed E-state index contributed by atoms with van der Waals surface area (Å²) in [5.74, 6) is 0.414. The van der Waals surface area contributed by atoms with Gasteiger partial charge in [0.15, 0.2) is 6.61 Å². The van der Waals surface area contributed by atoms with E-state index in [0.29, 0.717) is 23.8 Å². The van der Waals surface area contributed by atoms with Crippen molar-refractivity contribution >= 4 is 17.5 Å². The molecule has 0 bridgehead atoms. The molecule has 4 N–H and O–H groups in total. The molecular weight excluding hydrogens is 270 g/mol. The lowest BCUT2D eigenvalue weighted by Crippen LogP contribution is -2.36. The van der Waals surface area contributed by atoms with Gasteiger partial charge in [-0.1, -0.05) is 19.9 Å². The van der Waals surface area contributed by atoms with Gasteiger partial charge in [0, 0.05) is 18.8 Å². The van der Waals surface area contributed by atoms with Crippen molar-refractivity contribution in [3.05, 3.63) is 24.3 Å². The van der Waals surface area contributed by atoms with Crippen molar-refractivity contribution < 1.29 is 14.3 Å². The summed E-state index contributed by atoms with van der Waals surface area (Å²) in [7, 11) is 1.54. The van der Waals surface area contributed by atoms with Gasteiger partial charge in [0.25, 0.3) is 5.91 Å². The molecule has 0 saturated carbocycles. The fourth-order valence-corrected chi connectivity index (χ4v) is 1.73. The van der Waals surface area contributed by atoms with Crippen molar-refractivity contribution in [2.45, 2.75) is 26.3 Å². The lowest BCUT2D eigenvalue weighted by atomic mass is 10.0. The van der Waals surface area contributed by atoms with Crippen molar-refractivity contribution in [2.75, 3.05) is 19.0 Å². The Kier molecular flexibility index (Phi) is 6.68. The van der Waals surface area contributed by atoms with Crippen LogP contribution in [0.2, 0.25) is 0 Å². The summed E-state index contributed by atoms with van der Waals surface area (Å²) in [5.41, 5.74) is 6.42. The van der Waals surface area contributed by atoms with E-state index in [-0.39, 0.29) is 18.4 Å². The number of rotatable bonds is 7. The quantitative estimate of drug-likeness (QED) is 0.702. The molecule has 0 heterocycles. The van der Waals surface area contributed by atoms with Crippen molar-refractivity contribution in [3.63, 3.8) is 0 Å². The minimum atomic E-state index is -0.541. The van der Waals surface area contributed by atoms with Gasteiger partial charge in [0.2, 0.25) is 5.91 Å². The van der Waals surface area contributed by atoms with Crippen LogP contribution in [-0.4, -0.2) is 31.5 Å². The van der Waals surface area contributed by atoms with Crippen molar-refractivity contribution in [3.8, 4) is 5.75 Å². The van der Waals surface area contributed by atoms with E-state index >= 15 is 0 Å². The van der Waals surface area contributed by atoms with Crippen LogP contribution in [0.4, 0.5) is 5.69 Å². The summed E-state index contributed by atoms with van der Waals surface area (Å²) in [5, 5.41) is 5.21. The second-order valence-corrected chi connectivity index (χ2v) is 5.21. The van der Waals surface area contributed by atoms with E-state index in [0.717, 1.165) is 0 Å². The fourth-order valence-electron chi connectivity index (χ4n) is 1.73. The molecule has 2 amide bonds. The van der Waals surface area contributed by atoms with Crippen LogP contribution in [0.15, 0.2) is 24.3 Å². The standard InChI is InChI=1S/C15H23N3O3/c1-10(2)7-13(16)15(20)18-11-5-4-6-12(8-11)21-9-14(19)17-3/h4-6,8,10,13H,7,9,16H2,1-3H3,(H,17,19)(H,18,20). The Balaban J connectivity index is 2.59. The lowest BCUT2D eigenvalue weighted by molar-refractivity contribution is -0.122. The normalized spacial score (nSPS) is 11.9. The third-order valence-electron chi connectivity index (χ3n) is 2.81. The Morgan fingerprint density at radius 1 is 1.33 bits per heavy atom. The predicted octanol–water partition coefficient (Wildman–Crippen LogP) is 1.12. The highest BCUT2D eigenvalue weighted by molar-refractivity contribution is 5.94. The van der Waals surface area contributed by atoms with E-state index in [9.17, 15) is 9.59 Å². The molecule has 0 spiro atoms. The third-order valence-corrected chi connectivity index (χ3v) is 2.81. The molecule has 21 heavy (non-hydrogen) atoms. The molecule has 0 fully saturated rings. The lowest BCUT2D eigenvalue weighted by Gasteiger charge is -2.14. The van der Waals surface area contributed by atoms with Gasteiger partial charge in [-0.25, -0.2) is 0 Å². The molecule has 1 aromatic carbocycles. The number of carbonyl (C=O) groups excluding carboxylic acids is 2. The minimum Gasteiger partial charge on any atom is -0.484 e. The van der Waals surface area contributed by atoms with Gasteiger partial charge in [-0.3, -0.25) is 9.59 Å². The number of hydrogen-bond donors (Lipinski definition) is 3. The van der Waals surface area contributed by atoms with Crippen LogP contribution >= 0.6 is 0 Å². The summed E-state index contributed by atoms with van der Waals surface area (Å²) in [6.07, 6.45) is 0.624. The smallest absolute Gasteiger partial charge is 0.257 e. The van der Waals surface area contributed by atoms with Gasteiger partial charge < -0.3 is 21.1 Å². The molecule has 1 atom stereocenters. The van der Waals surface area contributed by atoms with Crippen LogP contribution in [0.3, 0.4) is 0 Å². The number of nitrogens with one attached hydrogen (secondary N) is 2. The Morgan fingerprint density at radius 2 is 2.05 bits per heavy atom. The molecular formula is C15H23N3O3. The van der Waals surface area contributed by atoms with Crippen LogP contribution in [-0.2, 0) is 9.59 Å². The van der Waals surface area contributed by atoms with E-state index in [4.69, 9.17) is 10.5 Å². The minimum absolute atomic E-state index is 0.0687. The summed E-state index contributed by atoms with van der Waals surface area (Å²) in [6, 6.07) is 6.31. The third kappa shape index (κ3) is 6.27. The van der Waals surface area contributed by atoms with Gasteiger partial charge in [-0.15, -0.1) is 0 Å². The topological polar surface area (TPSA) is 93.5 Å².